The van der Waals surface area contributed by atoms with Gasteiger partial charge in [-0.25, -0.2) is 4.79 Å². The van der Waals surface area contributed by atoms with Crippen LogP contribution in [0.1, 0.15) is 24.8 Å². The lowest BCUT2D eigenvalue weighted by atomic mass is 10.0. The molecular formula is C15H17NO3. The average Bonchev–Trinajstić information content (AvgIpc) is 2.46. The van der Waals surface area contributed by atoms with Crippen LogP contribution in [0.5, 0.6) is 0 Å². The summed E-state index contributed by atoms with van der Waals surface area (Å²) in [6.07, 6.45) is 5.45. The number of carboxylic acid groups (broad SMARTS) is 1. The van der Waals surface area contributed by atoms with E-state index in [0.717, 1.165) is 18.4 Å². The number of aliphatic carboxylic acids is 1. The summed E-state index contributed by atoms with van der Waals surface area (Å²) in [5.74, 6) is -1.14. The zero-order valence-electron chi connectivity index (χ0n) is 10.7. The van der Waals surface area contributed by atoms with Gasteiger partial charge in [-0.05, 0) is 30.9 Å². The van der Waals surface area contributed by atoms with Crippen molar-refractivity contribution in [3.05, 3.63) is 42.0 Å². The van der Waals surface area contributed by atoms with Gasteiger partial charge in [0.25, 0.3) is 0 Å². The summed E-state index contributed by atoms with van der Waals surface area (Å²) in [6, 6.07) is 8.81. The maximum Gasteiger partial charge on any atom is 0.326 e. The van der Waals surface area contributed by atoms with E-state index in [2.05, 4.69) is 0 Å². The molecule has 0 aromatic heterocycles. The van der Waals surface area contributed by atoms with Crippen LogP contribution in [0.2, 0.25) is 0 Å². The van der Waals surface area contributed by atoms with Gasteiger partial charge in [-0.3, -0.25) is 4.79 Å². The Kier molecular flexibility index (Phi) is 4.34. The van der Waals surface area contributed by atoms with E-state index in [1.54, 1.807) is 6.08 Å². The minimum Gasteiger partial charge on any atom is -0.480 e. The molecule has 0 unspecified atom stereocenters. The molecule has 100 valence electrons. The van der Waals surface area contributed by atoms with Crippen LogP contribution >= 0.6 is 0 Å². The molecule has 0 aliphatic carbocycles. The summed E-state index contributed by atoms with van der Waals surface area (Å²) in [5, 5.41) is 9.12. The van der Waals surface area contributed by atoms with Gasteiger partial charge in [-0.1, -0.05) is 30.3 Å². The van der Waals surface area contributed by atoms with Gasteiger partial charge in [0.05, 0.1) is 0 Å². The lowest BCUT2D eigenvalue weighted by molar-refractivity contribution is -0.150. The molecule has 1 atom stereocenters. The van der Waals surface area contributed by atoms with Gasteiger partial charge in [-0.15, -0.1) is 0 Å². The molecule has 1 amide bonds. The molecule has 4 nitrogen and oxygen atoms in total. The fourth-order valence-corrected chi connectivity index (χ4v) is 2.28. The third-order valence-corrected chi connectivity index (χ3v) is 3.29. The van der Waals surface area contributed by atoms with E-state index < -0.39 is 12.0 Å². The second-order valence-electron chi connectivity index (χ2n) is 4.63. The standard InChI is InChI=1S/C15H17NO3/c17-14(10-9-12-6-2-1-3-7-12)16-11-5-4-8-13(16)15(18)19/h1-3,6-7,9-10,13H,4-5,8,11H2,(H,18,19)/b10-9+/t13-/m1/s1. The lowest BCUT2D eigenvalue weighted by Gasteiger charge is -2.32. The van der Waals surface area contributed by atoms with Crippen molar-refractivity contribution in [1.82, 2.24) is 4.90 Å². The molecule has 1 fully saturated rings. The number of rotatable bonds is 3. The third kappa shape index (κ3) is 3.44. The molecule has 0 radical (unpaired) electrons. The SMILES string of the molecule is O=C(O)[C@H]1CCCCN1C(=O)/C=C/c1ccccc1. The average molecular weight is 259 g/mol. The van der Waals surface area contributed by atoms with E-state index in [0.29, 0.717) is 13.0 Å². The van der Waals surface area contributed by atoms with Crippen LogP contribution in [0.25, 0.3) is 6.08 Å². The Hall–Kier alpha value is -2.10. The van der Waals surface area contributed by atoms with Gasteiger partial charge in [0.15, 0.2) is 0 Å². The molecule has 0 spiro atoms. The molecule has 19 heavy (non-hydrogen) atoms. The minimum absolute atomic E-state index is 0.226. The summed E-state index contributed by atoms with van der Waals surface area (Å²) in [6.45, 7) is 0.523. The molecule has 4 heteroatoms. The second-order valence-corrected chi connectivity index (χ2v) is 4.63. The number of nitrogens with zero attached hydrogens (tertiary/aromatic N) is 1. The number of hydrogen-bond acceptors (Lipinski definition) is 2. The summed E-state index contributed by atoms with van der Waals surface area (Å²) >= 11 is 0. The minimum atomic E-state index is -0.916. The van der Waals surface area contributed by atoms with Crippen LogP contribution in [-0.4, -0.2) is 34.5 Å². The maximum atomic E-state index is 12.1. The summed E-state index contributed by atoms with van der Waals surface area (Å²) < 4.78 is 0. The number of piperidine rings is 1. The highest BCUT2D eigenvalue weighted by atomic mass is 16.4. The van der Waals surface area contributed by atoms with Crippen LogP contribution in [-0.2, 0) is 9.59 Å². The maximum absolute atomic E-state index is 12.1. The number of carbonyl (C=O) groups excluding carboxylic acids is 1. The van der Waals surface area contributed by atoms with Gasteiger partial charge in [0.2, 0.25) is 5.91 Å². The third-order valence-electron chi connectivity index (χ3n) is 3.29. The topological polar surface area (TPSA) is 57.6 Å². The quantitative estimate of drug-likeness (QED) is 0.846. The summed E-state index contributed by atoms with van der Waals surface area (Å²) in [5.41, 5.74) is 0.930. The van der Waals surface area contributed by atoms with Crippen molar-refractivity contribution in [3.8, 4) is 0 Å². The van der Waals surface area contributed by atoms with E-state index in [1.807, 2.05) is 30.3 Å². The molecular weight excluding hydrogens is 242 g/mol. The molecule has 1 heterocycles. The molecule has 2 rings (SSSR count). The van der Waals surface area contributed by atoms with E-state index in [-0.39, 0.29) is 5.91 Å². The van der Waals surface area contributed by atoms with E-state index >= 15 is 0 Å². The largest absolute Gasteiger partial charge is 0.480 e. The molecule has 1 aromatic carbocycles. The number of amides is 1. The highest BCUT2D eigenvalue weighted by Gasteiger charge is 2.30. The van der Waals surface area contributed by atoms with Crippen molar-refractivity contribution in [2.45, 2.75) is 25.3 Å². The second kappa shape index (κ2) is 6.18. The molecule has 1 aromatic rings. The monoisotopic (exact) mass is 259 g/mol. The first-order valence-electron chi connectivity index (χ1n) is 6.45. The van der Waals surface area contributed by atoms with Gasteiger partial charge in [0.1, 0.15) is 6.04 Å². The van der Waals surface area contributed by atoms with Crippen LogP contribution in [0.15, 0.2) is 36.4 Å². The Labute approximate surface area is 112 Å². The Morgan fingerprint density at radius 1 is 1.21 bits per heavy atom. The van der Waals surface area contributed by atoms with Crippen molar-refractivity contribution in [2.75, 3.05) is 6.54 Å². The van der Waals surface area contributed by atoms with E-state index in [1.165, 1.54) is 11.0 Å². The van der Waals surface area contributed by atoms with Crippen molar-refractivity contribution in [1.29, 1.82) is 0 Å². The Balaban J connectivity index is 2.06. The van der Waals surface area contributed by atoms with Crippen molar-refractivity contribution < 1.29 is 14.7 Å². The predicted octanol–water partition coefficient (Wildman–Crippen LogP) is 2.17. The van der Waals surface area contributed by atoms with Gasteiger partial charge < -0.3 is 10.0 Å². The predicted molar refractivity (Wildman–Crippen MR) is 72.5 cm³/mol. The van der Waals surface area contributed by atoms with E-state index in [4.69, 9.17) is 5.11 Å². The Bertz CT molecular complexity index is 481. The van der Waals surface area contributed by atoms with E-state index in [9.17, 15) is 9.59 Å². The zero-order chi connectivity index (χ0) is 13.7. The Morgan fingerprint density at radius 3 is 2.63 bits per heavy atom. The molecule has 1 aliphatic rings. The number of carboxylic acids is 1. The zero-order valence-corrected chi connectivity index (χ0v) is 10.7. The highest BCUT2D eigenvalue weighted by Crippen LogP contribution is 2.18. The lowest BCUT2D eigenvalue weighted by Crippen LogP contribution is -2.47. The molecule has 1 N–H and O–H groups in total. The fourth-order valence-electron chi connectivity index (χ4n) is 2.28. The first-order chi connectivity index (χ1) is 9.18. The van der Waals surface area contributed by atoms with Crippen LogP contribution in [0.3, 0.4) is 0 Å². The van der Waals surface area contributed by atoms with Gasteiger partial charge in [-0.2, -0.15) is 0 Å². The molecule has 0 bridgehead atoms. The number of carbonyl (C=O) groups is 2. The number of benzene rings is 1. The van der Waals surface area contributed by atoms with Crippen LogP contribution < -0.4 is 0 Å². The molecule has 1 saturated heterocycles. The van der Waals surface area contributed by atoms with Crippen LogP contribution in [0, 0.1) is 0 Å². The van der Waals surface area contributed by atoms with Crippen molar-refractivity contribution >= 4 is 18.0 Å². The van der Waals surface area contributed by atoms with Gasteiger partial charge >= 0.3 is 5.97 Å². The molecule has 0 saturated carbocycles. The Morgan fingerprint density at radius 2 is 1.95 bits per heavy atom. The van der Waals surface area contributed by atoms with Crippen LogP contribution in [0.4, 0.5) is 0 Å². The normalized spacial score (nSPS) is 19.6. The fraction of sp³-hybridized carbons (Fsp3) is 0.333. The van der Waals surface area contributed by atoms with Crippen molar-refractivity contribution in [2.24, 2.45) is 0 Å². The highest BCUT2D eigenvalue weighted by molar-refractivity contribution is 5.94. The number of likely N-dealkylation sites (tertiary alicyclic amines) is 1. The van der Waals surface area contributed by atoms with Crippen molar-refractivity contribution in [3.63, 3.8) is 0 Å². The smallest absolute Gasteiger partial charge is 0.326 e. The number of hydrogen-bond donors (Lipinski definition) is 1. The molecule has 1 aliphatic heterocycles. The van der Waals surface area contributed by atoms with Gasteiger partial charge in [0, 0.05) is 12.6 Å². The first-order valence-corrected chi connectivity index (χ1v) is 6.45. The first kappa shape index (κ1) is 13.3. The summed E-state index contributed by atoms with van der Waals surface area (Å²) in [4.78, 5) is 24.6. The summed E-state index contributed by atoms with van der Waals surface area (Å²) in [7, 11) is 0.